The molecule has 1 aromatic rings. The van der Waals surface area contributed by atoms with E-state index in [1.54, 1.807) is 0 Å². The highest BCUT2D eigenvalue weighted by Crippen LogP contribution is 2.26. The smallest absolute Gasteiger partial charge is 0.340 e. The summed E-state index contributed by atoms with van der Waals surface area (Å²) in [4.78, 5) is 13.4. The van der Waals surface area contributed by atoms with Crippen LogP contribution in [0.2, 0.25) is 5.02 Å². The zero-order valence-electron chi connectivity index (χ0n) is 6.47. The van der Waals surface area contributed by atoms with Gasteiger partial charge in [0.05, 0.1) is 5.02 Å². The topological polar surface area (TPSA) is 50.2 Å². The van der Waals surface area contributed by atoms with Crippen molar-refractivity contribution in [2.75, 3.05) is 0 Å². The largest absolute Gasteiger partial charge is 0.478 e. The van der Waals surface area contributed by atoms with Crippen molar-refractivity contribution < 1.29 is 23.1 Å². The Kier molecular flexibility index (Phi) is 2.95. The van der Waals surface area contributed by atoms with E-state index in [0.29, 0.717) is 6.20 Å². The molecule has 0 saturated heterocycles. The van der Waals surface area contributed by atoms with Crippen LogP contribution >= 0.6 is 11.6 Å². The van der Waals surface area contributed by atoms with E-state index >= 15 is 0 Å². The van der Waals surface area contributed by atoms with Crippen molar-refractivity contribution in [3.05, 3.63) is 28.3 Å². The molecule has 0 bridgehead atoms. The van der Waals surface area contributed by atoms with Crippen LogP contribution in [0.4, 0.5) is 13.2 Å². The van der Waals surface area contributed by atoms with Crippen LogP contribution in [-0.2, 0) is 0 Å². The molecule has 0 amide bonds. The molecule has 0 spiro atoms. The molecule has 1 aromatic heterocycles. The number of nitrogens with zero attached hydrogens (tertiary/aromatic N) is 1. The molecule has 0 unspecified atom stereocenters. The molecule has 0 atom stereocenters. The molecule has 3 nitrogen and oxygen atoms in total. The first kappa shape index (κ1) is 10.8. The van der Waals surface area contributed by atoms with E-state index < -0.39 is 34.5 Å². The number of aromatic nitrogens is 1. The maximum absolute atomic E-state index is 13.0. The van der Waals surface area contributed by atoms with Gasteiger partial charge in [0.1, 0.15) is 11.3 Å². The highest BCUT2D eigenvalue weighted by atomic mass is 35.5. The van der Waals surface area contributed by atoms with Crippen LogP contribution < -0.4 is 0 Å². The van der Waals surface area contributed by atoms with Gasteiger partial charge in [-0.05, 0) is 0 Å². The van der Waals surface area contributed by atoms with Crippen molar-refractivity contribution in [2.24, 2.45) is 0 Å². The van der Waals surface area contributed by atoms with Crippen LogP contribution in [0.25, 0.3) is 0 Å². The molecule has 0 saturated carbocycles. The summed E-state index contributed by atoms with van der Waals surface area (Å²) in [5.74, 6) is -3.31. The average Bonchev–Trinajstić information content (AvgIpc) is 2.02. The van der Waals surface area contributed by atoms with Crippen LogP contribution in [0.15, 0.2) is 6.20 Å². The zero-order chi connectivity index (χ0) is 10.9. The number of carboxylic acid groups (broad SMARTS) is 1. The summed E-state index contributed by atoms with van der Waals surface area (Å²) in [5, 5.41) is 7.94. The summed E-state index contributed by atoms with van der Waals surface area (Å²) >= 11 is 5.27. The summed E-state index contributed by atoms with van der Waals surface area (Å²) in [6.45, 7) is 0. The van der Waals surface area contributed by atoms with Gasteiger partial charge in [-0.1, -0.05) is 11.6 Å². The first-order valence-electron chi connectivity index (χ1n) is 3.30. The van der Waals surface area contributed by atoms with E-state index in [-0.39, 0.29) is 0 Å². The molecule has 0 aliphatic carbocycles. The number of hydrogen-bond acceptors (Lipinski definition) is 2. The van der Waals surface area contributed by atoms with E-state index in [1.165, 1.54) is 0 Å². The van der Waals surface area contributed by atoms with E-state index in [9.17, 15) is 18.0 Å². The number of rotatable bonds is 2. The van der Waals surface area contributed by atoms with Crippen molar-refractivity contribution in [3.63, 3.8) is 0 Å². The van der Waals surface area contributed by atoms with Crippen LogP contribution in [-0.4, -0.2) is 16.1 Å². The van der Waals surface area contributed by atoms with Gasteiger partial charge in [0.2, 0.25) is 0 Å². The summed E-state index contributed by atoms with van der Waals surface area (Å²) in [7, 11) is 0. The first-order valence-corrected chi connectivity index (χ1v) is 3.68. The molecule has 0 radical (unpaired) electrons. The quantitative estimate of drug-likeness (QED) is 0.841. The summed E-state index contributed by atoms with van der Waals surface area (Å²) in [6.07, 6.45) is -2.50. The number of pyridine rings is 1. The van der Waals surface area contributed by atoms with Crippen LogP contribution in [0.3, 0.4) is 0 Å². The maximum atomic E-state index is 13.0. The molecule has 76 valence electrons. The molecule has 1 rings (SSSR count). The minimum atomic E-state index is -3.18. The maximum Gasteiger partial charge on any atom is 0.340 e. The van der Waals surface area contributed by atoms with E-state index in [1.807, 2.05) is 0 Å². The van der Waals surface area contributed by atoms with Gasteiger partial charge in [-0.3, -0.25) is 4.98 Å². The Bertz CT molecular complexity index is 383. The minimum Gasteiger partial charge on any atom is -0.478 e. The number of carboxylic acids is 1. The highest BCUT2D eigenvalue weighted by Gasteiger charge is 2.24. The van der Waals surface area contributed by atoms with Crippen LogP contribution in [0.1, 0.15) is 22.5 Å². The zero-order valence-corrected chi connectivity index (χ0v) is 7.23. The molecule has 0 aliphatic rings. The van der Waals surface area contributed by atoms with E-state index in [2.05, 4.69) is 4.98 Å². The van der Waals surface area contributed by atoms with Gasteiger partial charge in [0.25, 0.3) is 6.43 Å². The second-order valence-electron chi connectivity index (χ2n) is 2.29. The van der Waals surface area contributed by atoms with E-state index in [0.717, 1.165) is 0 Å². The number of halogens is 4. The van der Waals surface area contributed by atoms with Gasteiger partial charge < -0.3 is 5.11 Å². The summed E-state index contributed by atoms with van der Waals surface area (Å²) < 4.78 is 37.2. The third-order valence-corrected chi connectivity index (χ3v) is 1.71. The Balaban J connectivity index is 3.41. The lowest BCUT2D eigenvalue weighted by Crippen LogP contribution is -2.07. The SMILES string of the molecule is O=C(O)c1c(Cl)cnc(C(F)F)c1F. The molecule has 14 heavy (non-hydrogen) atoms. The fourth-order valence-electron chi connectivity index (χ4n) is 0.829. The molecule has 0 aliphatic heterocycles. The first-order chi connectivity index (χ1) is 6.45. The standard InChI is InChI=1S/C7H3ClF3NO2/c8-2-1-12-5(6(10)11)4(9)3(2)7(13)14/h1,6H,(H,13,14). The van der Waals surface area contributed by atoms with Gasteiger partial charge >= 0.3 is 5.97 Å². The molecular formula is C7H3ClF3NO2. The molecular weight excluding hydrogens is 223 g/mol. The van der Waals surface area contributed by atoms with Crippen molar-refractivity contribution in [3.8, 4) is 0 Å². The van der Waals surface area contributed by atoms with Crippen LogP contribution in [0.5, 0.6) is 0 Å². The molecule has 0 aromatic carbocycles. The third-order valence-electron chi connectivity index (χ3n) is 1.42. The second-order valence-corrected chi connectivity index (χ2v) is 2.69. The lowest BCUT2D eigenvalue weighted by Gasteiger charge is -2.04. The predicted molar refractivity (Wildman–Crippen MR) is 41.1 cm³/mol. The number of alkyl halides is 2. The molecule has 1 N–H and O–H groups in total. The second kappa shape index (κ2) is 3.83. The Hall–Kier alpha value is -1.30. The molecule has 0 fully saturated rings. The highest BCUT2D eigenvalue weighted by molar-refractivity contribution is 6.33. The summed E-state index contributed by atoms with van der Waals surface area (Å²) in [5.41, 5.74) is -2.20. The Labute approximate surface area is 81.1 Å². The molecule has 7 heteroatoms. The number of aromatic carboxylic acids is 1. The minimum absolute atomic E-state index is 0.514. The normalized spacial score (nSPS) is 10.6. The predicted octanol–water partition coefficient (Wildman–Crippen LogP) is 2.51. The number of hydrogen-bond donors (Lipinski definition) is 1. The molecule has 1 heterocycles. The Morgan fingerprint density at radius 3 is 2.57 bits per heavy atom. The number of carbonyl (C=O) groups is 1. The van der Waals surface area contributed by atoms with Gasteiger partial charge in [-0.15, -0.1) is 0 Å². The Morgan fingerprint density at radius 2 is 2.14 bits per heavy atom. The fourth-order valence-corrected chi connectivity index (χ4v) is 1.04. The fraction of sp³-hybridized carbons (Fsp3) is 0.143. The summed E-state index contributed by atoms with van der Waals surface area (Å²) in [6, 6.07) is 0. The van der Waals surface area contributed by atoms with Gasteiger partial charge in [0.15, 0.2) is 5.82 Å². The van der Waals surface area contributed by atoms with Crippen molar-refractivity contribution in [2.45, 2.75) is 6.43 Å². The lowest BCUT2D eigenvalue weighted by molar-refractivity contribution is 0.0690. The van der Waals surface area contributed by atoms with Crippen molar-refractivity contribution in [1.82, 2.24) is 4.98 Å². The third kappa shape index (κ3) is 1.79. The lowest BCUT2D eigenvalue weighted by atomic mass is 10.2. The Morgan fingerprint density at radius 1 is 1.57 bits per heavy atom. The average molecular weight is 226 g/mol. The van der Waals surface area contributed by atoms with Crippen LogP contribution in [0, 0.1) is 5.82 Å². The van der Waals surface area contributed by atoms with E-state index in [4.69, 9.17) is 16.7 Å². The van der Waals surface area contributed by atoms with Crippen molar-refractivity contribution >= 4 is 17.6 Å². The van der Waals surface area contributed by atoms with Crippen molar-refractivity contribution in [1.29, 1.82) is 0 Å². The van der Waals surface area contributed by atoms with Gasteiger partial charge in [0, 0.05) is 6.20 Å². The van der Waals surface area contributed by atoms with Gasteiger partial charge in [-0.25, -0.2) is 18.0 Å². The van der Waals surface area contributed by atoms with Gasteiger partial charge in [-0.2, -0.15) is 0 Å². The monoisotopic (exact) mass is 225 g/mol.